The number of carbonyl (C=O) groups is 2. The van der Waals surface area contributed by atoms with Crippen molar-refractivity contribution in [1.29, 1.82) is 0 Å². The molecule has 1 heterocycles. The van der Waals surface area contributed by atoms with E-state index in [2.05, 4.69) is 4.74 Å². The minimum atomic E-state index is -0.552. The van der Waals surface area contributed by atoms with Crippen LogP contribution in [-0.4, -0.2) is 32.4 Å². The molecule has 0 amide bonds. The monoisotopic (exact) mass is 278 g/mol. The van der Waals surface area contributed by atoms with Crippen LogP contribution in [0.5, 0.6) is 11.5 Å². The predicted octanol–water partition coefficient (Wildman–Crippen LogP) is 1.53. The van der Waals surface area contributed by atoms with E-state index in [-0.39, 0.29) is 19.0 Å². The summed E-state index contributed by atoms with van der Waals surface area (Å²) in [5.74, 6) is 0.242. The highest BCUT2D eigenvalue weighted by molar-refractivity contribution is 5.94. The standard InChI is InChI=1S/C14H14O6/c1-9(15)18-7-11(14(16)17-2)5-10-3-4-12-13(6-10)20-8-19-12/h3-6H,7-8H2,1-2H3/b11-5+. The van der Waals surface area contributed by atoms with Crippen LogP contribution in [0.1, 0.15) is 12.5 Å². The number of rotatable bonds is 4. The van der Waals surface area contributed by atoms with Crippen LogP contribution in [0, 0.1) is 0 Å². The zero-order chi connectivity index (χ0) is 14.5. The van der Waals surface area contributed by atoms with E-state index in [4.69, 9.17) is 14.2 Å². The van der Waals surface area contributed by atoms with E-state index in [1.54, 1.807) is 24.3 Å². The largest absolute Gasteiger partial charge is 0.466 e. The van der Waals surface area contributed by atoms with E-state index in [1.807, 2.05) is 0 Å². The summed E-state index contributed by atoms with van der Waals surface area (Å²) in [6.45, 7) is 1.31. The first-order chi connectivity index (χ1) is 9.60. The zero-order valence-electron chi connectivity index (χ0n) is 11.2. The lowest BCUT2D eigenvalue weighted by Crippen LogP contribution is -2.12. The highest BCUT2D eigenvalue weighted by Gasteiger charge is 2.15. The van der Waals surface area contributed by atoms with Gasteiger partial charge in [0, 0.05) is 6.92 Å². The summed E-state index contributed by atoms with van der Waals surface area (Å²) in [6.07, 6.45) is 1.58. The molecular formula is C14H14O6. The number of ether oxygens (including phenoxy) is 4. The van der Waals surface area contributed by atoms with Gasteiger partial charge in [0.25, 0.3) is 0 Å². The molecular weight excluding hydrogens is 264 g/mol. The molecule has 0 saturated carbocycles. The quantitative estimate of drug-likeness (QED) is 0.614. The summed E-state index contributed by atoms with van der Waals surface area (Å²) < 4.78 is 19.9. The van der Waals surface area contributed by atoms with Crippen molar-refractivity contribution in [1.82, 2.24) is 0 Å². The Morgan fingerprint density at radius 3 is 2.75 bits per heavy atom. The van der Waals surface area contributed by atoms with Gasteiger partial charge in [-0.1, -0.05) is 6.07 Å². The highest BCUT2D eigenvalue weighted by Crippen LogP contribution is 2.33. The number of carbonyl (C=O) groups excluding carboxylic acids is 2. The number of hydrogen-bond acceptors (Lipinski definition) is 6. The Hall–Kier alpha value is -2.50. The normalized spacial score (nSPS) is 13.0. The fourth-order valence-electron chi connectivity index (χ4n) is 1.67. The topological polar surface area (TPSA) is 71.1 Å². The smallest absolute Gasteiger partial charge is 0.337 e. The van der Waals surface area contributed by atoms with E-state index >= 15 is 0 Å². The number of benzene rings is 1. The van der Waals surface area contributed by atoms with Crippen molar-refractivity contribution in [3.63, 3.8) is 0 Å². The molecule has 0 spiro atoms. The fraction of sp³-hybridized carbons (Fsp3) is 0.286. The minimum absolute atomic E-state index is 0.142. The number of esters is 2. The lowest BCUT2D eigenvalue weighted by atomic mass is 10.1. The molecule has 0 radical (unpaired) electrons. The second-order valence-electron chi connectivity index (χ2n) is 4.05. The van der Waals surface area contributed by atoms with Crippen molar-refractivity contribution < 1.29 is 28.5 Å². The van der Waals surface area contributed by atoms with Crippen LogP contribution in [0.4, 0.5) is 0 Å². The lowest BCUT2D eigenvalue weighted by Gasteiger charge is -2.06. The summed E-state index contributed by atoms with van der Waals surface area (Å²) in [6, 6.07) is 5.25. The van der Waals surface area contributed by atoms with Gasteiger partial charge in [-0.05, 0) is 23.8 Å². The molecule has 1 aromatic carbocycles. The van der Waals surface area contributed by atoms with Crippen molar-refractivity contribution in [3.05, 3.63) is 29.3 Å². The van der Waals surface area contributed by atoms with Crippen molar-refractivity contribution in [2.45, 2.75) is 6.92 Å². The second kappa shape index (κ2) is 6.10. The third-order valence-electron chi connectivity index (χ3n) is 2.62. The molecule has 1 aliphatic rings. The summed E-state index contributed by atoms with van der Waals surface area (Å²) in [7, 11) is 1.27. The van der Waals surface area contributed by atoms with E-state index < -0.39 is 11.9 Å². The highest BCUT2D eigenvalue weighted by atomic mass is 16.7. The average molecular weight is 278 g/mol. The Kier molecular flexibility index (Phi) is 4.24. The van der Waals surface area contributed by atoms with Crippen LogP contribution in [0.15, 0.2) is 23.8 Å². The first-order valence-electron chi connectivity index (χ1n) is 5.92. The van der Waals surface area contributed by atoms with Crippen LogP contribution in [-0.2, 0) is 19.1 Å². The maximum Gasteiger partial charge on any atom is 0.337 e. The maximum absolute atomic E-state index is 11.6. The van der Waals surface area contributed by atoms with Crippen molar-refractivity contribution >= 4 is 18.0 Å². The van der Waals surface area contributed by atoms with Gasteiger partial charge in [0.1, 0.15) is 6.61 Å². The Morgan fingerprint density at radius 2 is 2.05 bits per heavy atom. The van der Waals surface area contributed by atoms with E-state index in [1.165, 1.54) is 14.0 Å². The van der Waals surface area contributed by atoms with E-state index in [9.17, 15) is 9.59 Å². The van der Waals surface area contributed by atoms with Crippen LogP contribution < -0.4 is 9.47 Å². The molecule has 0 unspecified atom stereocenters. The average Bonchev–Trinajstić information content (AvgIpc) is 2.89. The van der Waals surface area contributed by atoms with Crippen LogP contribution in [0.25, 0.3) is 6.08 Å². The summed E-state index contributed by atoms with van der Waals surface area (Å²) in [4.78, 5) is 22.5. The first kappa shape index (κ1) is 13.9. The van der Waals surface area contributed by atoms with Crippen molar-refractivity contribution in [2.24, 2.45) is 0 Å². The van der Waals surface area contributed by atoms with Gasteiger partial charge in [0.2, 0.25) is 6.79 Å². The minimum Gasteiger partial charge on any atom is -0.466 e. The second-order valence-corrected chi connectivity index (χ2v) is 4.05. The molecule has 0 aromatic heterocycles. The summed E-state index contributed by atoms with van der Waals surface area (Å²) in [5.41, 5.74) is 0.961. The Bertz CT molecular complexity index is 561. The lowest BCUT2D eigenvalue weighted by molar-refractivity contribution is -0.141. The van der Waals surface area contributed by atoms with Gasteiger partial charge < -0.3 is 18.9 Å². The molecule has 0 saturated heterocycles. The first-order valence-corrected chi connectivity index (χ1v) is 5.92. The van der Waals surface area contributed by atoms with Gasteiger partial charge in [0.05, 0.1) is 12.7 Å². The molecule has 1 aromatic rings. The number of hydrogen-bond donors (Lipinski definition) is 0. The van der Waals surface area contributed by atoms with Crippen LogP contribution in [0.2, 0.25) is 0 Å². The zero-order valence-corrected chi connectivity index (χ0v) is 11.2. The number of fused-ring (bicyclic) bond motifs is 1. The molecule has 0 aliphatic carbocycles. The Morgan fingerprint density at radius 1 is 1.30 bits per heavy atom. The molecule has 0 N–H and O–H groups in total. The summed E-state index contributed by atoms with van der Waals surface area (Å²) >= 11 is 0. The molecule has 2 rings (SSSR count). The summed E-state index contributed by atoms with van der Waals surface area (Å²) in [5, 5.41) is 0. The fourth-order valence-corrected chi connectivity index (χ4v) is 1.67. The van der Waals surface area contributed by atoms with E-state index in [0.717, 1.165) is 5.56 Å². The molecule has 0 fully saturated rings. The SMILES string of the molecule is COC(=O)/C(=C/c1ccc2c(c1)OCO2)COC(C)=O. The van der Waals surface area contributed by atoms with Crippen molar-refractivity contribution in [2.75, 3.05) is 20.5 Å². The maximum atomic E-state index is 11.6. The van der Waals surface area contributed by atoms with Crippen LogP contribution in [0.3, 0.4) is 0 Å². The van der Waals surface area contributed by atoms with Gasteiger partial charge in [-0.15, -0.1) is 0 Å². The van der Waals surface area contributed by atoms with Gasteiger partial charge in [-0.2, -0.15) is 0 Å². The molecule has 6 nitrogen and oxygen atoms in total. The molecule has 0 bridgehead atoms. The third kappa shape index (κ3) is 3.28. The molecule has 1 aliphatic heterocycles. The molecule has 0 atom stereocenters. The predicted molar refractivity (Wildman–Crippen MR) is 69.2 cm³/mol. The van der Waals surface area contributed by atoms with Crippen LogP contribution >= 0.6 is 0 Å². The van der Waals surface area contributed by atoms with Gasteiger partial charge >= 0.3 is 11.9 Å². The number of methoxy groups -OCH3 is 1. The van der Waals surface area contributed by atoms with Gasteiger partial charge in [0.15, 0.2) is 11.5 Å². The third-order valence-corrected chi connectivity index (χ3v) is 2.62. The molecule has 6 heteroatoms. The molecule has 20 heavy (non-hydrogen) atoms. The van der Waals surface area contributed by atoms with Gasteiger partial charge in [-0.3, -0.25) is 4.79 Å². The Labute approximate surface area is 115 Å². The Balaban J connectivity index is 2.22. The van der Waals surface area contributed by atoms with Gasteiger partial charge in [-0.25, -0.2) is 4.79 Å². The van der Waals surface area contributed by atoms with E-state index in [0.29, 0.717) is 11.5 Å². The van der Waals surface area contributed by atoms with Crippen molar-refractivity contribution in [3.8, 4) is 11.5 Å². The molecule has 106 valence electrons.